The molecule has 0 bridgehead atoms. The van der Waals surface area contributed by atoms with Crippen molar-refractivity contribution in [3.63, 3.8) is 0 Å². The molecule has 1 fully saturated rings. The first-order valence-electron chi connectivity index (χ1n) is 9.50. The molecular formula is C21H25N3O3S. The van der Waals surface area contributed by atoms with Crippen LogP contribution >= 0.6 is 0 Å². The van der Waals surface area contributed by atoms with Crippen molar-refractivity contribution in [2.75, 3.05) is 43.8 Å². The molecule has 0 N–H and O–H groups in total. The minimum absolute atomic E-state index is 0.00237. The fourth-order valence-electron chi connectivity index (χ4n) is 4.14. The molecule has 0 aromatic heterocycles. The summed E-state index contributed by atoms with van der Waals surface area (Å²) in [5.41, 5.74) is 3.37. The van der Waals surface area contributed by atoms with Crippen LogP contribution in [0.2, 0.25) is 0 Å². The normalized spacial score (nSPS) is 20.3. The number of hydrogen-bond donors (Lipinski definition) is 0. The minimum Gasteiger partial charge on any atom is -0.329 e. The van der Waals surface area contributed by atoms with Gasteiger partial charge < -0.3 is 9.80 Å². The summed E-state index contributed by atoms with van der Waals surface area (Å²) in [6.07, 6.45) is 1.85. The lowest BCUT2D eigenvalue weighted by molar-refractivity contribution is 0.0498. The first-order valence-corrected chi connectivity index (χ1v) is 11.3. The van der Waals surface area contributed by atoms with Gasteiger partial charge in [0.25, 0.3) is 5.91 Å². The van der Waals surface area contributed by atoms with E-state index in [0.29, 0.717) is 30.8 Å². The third kappa shape index (κ3) is 3.52. The third-order valence-corrected chi connectivity index (χ3v) is 6.79. The second-order valence-electron chi connectivity index (χ2n) is 7.62. The molecule has 0 spiro atoms. The number of hydrogen-bond acceptors (Lipinski definition) is 4. The Bertz CT molecular complexity index is 991. The molecular weight excluding hydrogens is 374 g/mol. The molecule has 0 radical (unpaired) electrons. The van der Waals surface area contributed by atoms with Crippen molar-refractivity contribution in [3.05, 3.63) is 65.2 Å². The van der Waals surface area contributed by atoms with Crippen LogP contribution in [0.3, 0.4) is 0 Å². The van der Waals surface area contributed by atoms with Crippen LogP contribution < -0.4 is 4.31 Å². The first-order chi connectivity index (χ1) is 13.3. The maximum Gasteiger partial charge on any atom is 0.254 e. The summed E-state index contributed by atoms with van der Waals surface area (Å²) in [5.74, 6) is 0.00237. The summed E-state index contributed by atoms with van der Waals surface area (Å²) < 4.78 is 25.3. The molecule has 4 rings (SSSR count). The van der Waals surface area contributed by atoms with Crippen molar-refractivity contribution in [1.29, 1.82) is 0 Å². The lowest BCUT2D eigenvalue weighted by atomic mass is 10.0. The fourth-order valence-corrected chi connectivity index (χ4v) is 5.10. The van der Waals surface area contributed by atoms with E-state index in [1.165, 1.54) is 10.6 Å². The number of sulfonamides is 1. The molecule has 6 nitrogen and oxygen atoms in total. The second-order valence-corrected chi connectivity index (χ2v) is 9.52. The van der Waals surface area contributed by atoms with Crippen LogP contribution in [0, 0.1) is 0 Å². The number of anilines is 1. The number of amides is 1. The smallest absolute Gasteiger partial charge is 0.254 e. The van der Waals surface area contributed by atoms with Crippen LogP contribution in [0.4, 0.5) is 5.69 Å². The average Bonchev–Trinajstić information content (AvgIpc) is 3.12. The van der Waals surface area contributed by atoms with E-state index in [1.54, 1.807) is 12.1 Å². The van der Waals surface area contributed by atoms with E-state index in [1.807, 2.05) is 29.2 Å². The average molecular weight is 400 g/mol. The molecule has 0 aliphatic carbocycles. The van der Waals surface area contributed by atoms with Gasteiger partial charge in [0.2, 0.25) is 10.0 Å². The first kappa shape index (κ1) is 19.0. The Labute approximate surface area is 166 Å². The molecule has 1 saturated heterocycles. The van der Waals surface area contributed by atoms with E-state index in [4.69, 9.17) is 0 Å². The minimum atomic E-state index is -3.29. The number of carbonyl (C=O) groups is 1. The highest BCUT2D eigenvalue weighted by atomic mass is 32.2. The van der Waals surface area contributed by atoms with E-state index >= 15 is 0 Å². The topological polar surface area (TPSA) is 60.9 Å². The van der Waals surface area contributed by atoms with Crippen LogP contribution in [0.15, 0.2) is 48.5 Å². The number of piperazine rings is 1. The van der Waals surface area contributed by atoms with E-state index in [-0.39, 0.29) is 11.9 Å². The molecule has 2 heterocycles. The van der Waals surface area contributed by atoms with Crippen LogP contribution in [-0.2, 0) is 16.4 Å². The van der Waals surface area contributed by atoms with Gasteiger partial charge in [-0.25, -0.2) is 8.42 Å². The van der Waals surface area contributed by atoms with Gasteiger partial charge in [0.05, 0.1) is 18.0 Å². The van der Waals surface area contributed by atoms with Gasteiger partial charge in [0, 0.05) is 31.7 Å². The number of benzene rings is 2. The Balaban J connectivity index is 1.63. The van der Waals surface area contributed by atoms with Gasteiger partial charge >= 0.3 is 0 Å². The van der Waals surface area contributed by atoms with Gasteiger partial charge in [-0.3, -0.25) is 9.10 Å². The van der Waals surface area contributed by atoms with Gasteiger partial charge in [-0.05, 0) is 42.8 Å². The van der Waals surface area contributed by atoms with Gasteiger partial charge in [-0.1, -0.05) is 30.3 Å². The van der Waals surface area contributed by atoms with Crippen LogP contribution in [0.1, 0.15) is 27.5 Å². The lowest BCUT2D eigenvalue weighted by Crippen LogP contribution is -2.49. The van der Waals surface area contributed by atoms with Crippen LogP contribution in [0.25, 0.3) is 0 Å². The zero-order valence-corrected chi connectivity index (χ0v) is 17.0. The number of carbonyl (C=O) groups excluding carboxylic acids is 1. The van der Waals surface area contributed by atoms with E-state index in [0.717, 1.165) is 24.2 Å². The second kappa shape index (κ2) is 7.22. The van der Waals surface area contributed by atoms with E-state index < -0.39 is 10.0 Å². The van der Waals surface area contributed by atoms with Crippen molar-refractivity contribution in [2.24, 2.45) is 0 Å². The Hall–Kier alpha value is -2.38. The summed E-state index contributed by atoms with van der Waals surface area (Å²) >= 11 is 0. The zero-order chi connectivity index (χ0) is 19.9. The third-order valence-electron chi connectivity index (χ3n) is 5.61. The molecule has 148 valence electrons. The Morgan fingerprint density at radius 3 is 2.50 bits per heavy atom. The molecule has 2 aliphatic heterocycles. The van der Waals surface area contributed by atoms with E-state index in [9.17, 15) is 13.2 Å². The molecule has 2 aromatic carbocycles. The van der Waals surface area contributed by atoms with E-state index in [2.05, 4.69) is 24.1 Å². The molecule has 1 amide bonds. The summed E-state index contributed by atoms with van der Waals surface area (Å²) in [5, 5.41) is 0. The summed E-state index contributed by atoms with van der Waals surface area (Å²) in [4.78, 5) is 17.5. The molecule has 0 saturated carbocycles. The zero-order valence-electron chi connectivity index (χ0n) is 16.2. The van der Waals surface area contributed by atoms with Crippen molar-refractivity contribution in [1.82, 2.24) is 9.80 Å². The van der Waals surface area contributed by atoms with Gasteiger partial charge in [-0.2, -0.15) is 0 Å². The van der Waals surface area contributed by atoms with Crippen molar-refractivity contribution in [2.45, 2.75) is 12.5 Å². The number of fused-ring (bicyclic) bond motifs is 1. The molecule has 28 heavy (non-hydrogen) atoms. The highest BCUT2D eigenvalue weighted by molar-refractivity contribution is 7.92. The van der Waals surface area contributed by atoms with Crippen molar-refractivity contribution >= 4 is 21.6 Å². The van der Waals surface area contributed by atoms with Crippen LogP contribution in [-0.4, -0.2) is 63.6 Å². The molecule has 7 heteroatoms. The molecule has 2 aromatic rings. The van der Waals surface area contributed by atoms with Gasteiger partial charge in [-0.15, -0.1) is 0 Å². The lowest BCUT2D eigenvalue weighted by Gasteiger charge is -2.40. The van der Waals surface area contributed by atoms with Gasteiger partial charge in [0.1, 0.15) is 0 Å². The number of likely N-dealkylation sites (N-methyl/N-ethyl adjacent to an activating group) is 1. The standard InChI is InChI=1S/C21H25N3O3S/c1-22-12-13-23(20(15-22)16-6-4-3-5-7-16)21(25)18-8-9-19-17(14-18)10-11-24(19)28(2,26)27/h3-9,14,20H,10-13,15H2,1-2H3. The number of nitrogens with zero attached hydrogens (tertiary/aromatic N) is 3. The van der Waals surface area contributed by atoms with Crippen molar-refractivity contribution in [3.8, 4) is 0 Å². The Morgan fingerprint density at radius 2 is 1.79 bits per heavy atom. The van der Waals surface area contributed by atoms with Crippen molar-refractivity contribution < 1.29 is 13.2 Å². The Kier molecular flexibility index (Phi) is 4.89. The predicted molar refractivity (Wildman–Crippen MR) is 110 cm³/mol. The predicted octanol–water partition coefficient (Wildman–Crippen LogP) is 2.14. The highest BCUT2D eigenvalue weighted by Crippen LogP contribution is 2.32. The van der Waals surface area contributed by atoms with Gasteiger partial charge in [0.15, 0.2) is 0 Å². The molecule has 1 atom stereocenters. The Morgan fingerprint density at radius 1 is 1.04 bits per heavy atom. The SMILES string of the molecule is CN1CCN(C(=O)c2ccc3c(c2)CCN3S(C)(=O)=O)C(c2ccccc2)C1. The maximum absolute atomic E-state index is 13.3. The fraction of sp³-hybridized carbons (Fsp3) is 0.381. The quantitative estimate of drug-likeness (QED) is 0.793. The summed E-state index contributed by atoms with van der Waals surface area (Å²) in [7, 11) is -1.21. The molecule has 1 unspecified atom stereocenters. The summed E-state index contributed by atoms with van der Waals surface area (Å²) in [6.45, 7) is 2.73. The van der Waals surface area contributed by atoms with Crippen LogP contribution in [0.5, 0.6) is 0 Å². The summed E-state index contributed by atoms with van der Waals surface area (Å²) in [6, 6.07) is 15.5. The maximum atomic E-state index is 13.3. The highest BCUT2D eigenvalue weighted by Gasteiger charge is 2.32. The number of rotatable bonds is 3. The monoisotopic (exact) mass is 399 g/mol. The largest absolute Gasteiger partial charge is 0.329 e. The molecule has 2 aliphatic rings.